The first kappa shape index (κ1) is 11.6. The van der Waals surface area contributed by atoms with E-state index in [-0.39, 0.29) is 0 Å². The zero-order valence-electron chi connectivity index (χ0n) is 8.92. The Hall–Kier alpha value is 0.1000. The van der Waals surface area contributed by atoms with Crippen molar-refractivity contribution in [3.63, 3.8) is 0 Å². The Morgan fingerprint density at radius 3 is 2.73 bits per heavy atom. The molecular formula is C12H16INS. The zero-order chi connectivity index (χ0) is 10.7. The van der Waals surface area contributed by atoms with Crippen molar-refractivity contribution in [2.75, 3.05) is 16.8 Å². The highest BCUT2D eigenvalue weighted by Crippen LogP contribution is 2.23. The van der Waals surface area contributed by atoms with Gasteiger partial charge < -0.3 is 5.32 Å². The van der Waals surface area contributed by atoms with E-state index in [1.165, 1.54) is 39.2 Å². The summed E-state index contributed by atoms with van der Waals surface area (Å²) in [6.45, 7) is 2.18. The van der Waals surface area contributed by atoms with Crippen LogP contribution < -0.4 is 5.32 Å². The molecule has 0 amide bonds. The molecule has 2 rings (SSSR count). The van der Waals surface area contributed by atoms with Gasteiger partial charge in [-0.3, -0.25) is 0 Å². The molecule has 1 saturated heterocycles. The predicted molar refractivity (Wildman–Crippen MR) is 77.9 cm³/mol. The molecule has 0 aromatic heterocycles. The van der Waals surface area contributed by atoms with Crippen LogP contribution in [0.3, 0.4) is 0 Å². The quantitative estimate of drug-likeness (QED) is 0.824. The molecule has 1 fully saturated rings. The zero-order valence-corrected chi connectivity index (χ0v) is 11.9. The van der Waals surface area contributed by atoms with Gasteiger partial charge in [0.15, 0.2) is 0 Å². The fourth-order valence-electron chi connectivity index (χ4n) is 1.85. The highest BCUT2D eigenvalue weighted by molar-refractivity contribution is 14.1. The smallest absolute Gasteiger partial charge is 0.0372 e. The van der Waals surface area contributed by atoms with Crippen LogP contribution in [0.5, 0.6) is 0 Å². The summed E-state index contributed by atoms with van der Waals surface area (Å²) in [7, 11) is 0. The second kappa shape index (κ2) is 5.43. The lowest BCUT2D eigenvalue weighted by molar-refractivity contribution is 0.666. The molecule has 1 N–H and O–H groups in total. The monoisotopic (exact) mass is 333 g/mol. The average Bonchev–Trinajstić information content (AvgIpc) is 2.24. The van der Waals surface area contributed by atoms with E-state index in [0.29, 0.717) is 6.04 Å². The van der Waals surface area contributed by atoms with Gasteiger partial charge in [-0.25, -0.2) is 0 Å². The molecular weight excluding hydrogens is 317 g/mol. The average molecular weight is 333 g/mol. The first-order valence-corrected chi connectivity index (χ1v) is 7.59. The van der Waals surface area contributed by atoms with Gasteiger partial charge in [-0.2, -0.15) is 11.8 Å². The topological polar surface area (TPSA) is 12.0 Å². The van der Waals surface area contributed by atoms with Crippen molar-refractivity contribution in [2.45, 2.75) is 25.8 Å². The Kier molecular flexibility index (Phi) is 4.20. The van der Waals surface area contributed by atoms with E-state index < -0.39 is 0 Å². The van der Waals surface area contributed by atoms with Gasteiger partial charge in [0.05, 0.1) is 0 Å². The molecule has 0 saturated carbocycles. The largest absolute Gasteiger partial charge is 0.382 e. The molecule has 0 radical (unpaired) electrons. The van der Waals surface area contributed by atoms with Crippen LogP contribution in [0.4, 0.5) is 5.69 Å². The Morgan fingerprint density at radius 2 is 2.07 bits per heavy atom. The summed E-state index contributed by atoms with van der Waals surface area (Å²) in [5.41, 5.74) is 2.67. The van der Waals surface area contributed by atoms with Gasteiger partial charge in [-0.15, -0.1) is 0 Å². The van der Waals surface area contributed by atoms with Crippen LogP contribution in [0.25, 0.3) is 0 Å². The van der Waals surface area contributed by atoms with Crippen LogP contribution >= 0.6 is 34.4 Å². The van der Waals surface area contributed by atoms with E-state index in [1.54, 1.807) is 0 Å². The maximum absolute atomic E-state index is 3.66. The molecule has 15 heavy (non-hydrogen) atoms. The van der Waals surface area contributed by atoms with Crippen molar-refractivity contribution in [2.24, 2.45) is 0 Å². The van der Waals surface area contributed by atoms with Gasteiger partial charge in [0.25, 0.3) is 0 Å². The number of nitrogens with one attached hydrogen (secondary N) is 1. The molecule has 1 aliphatic rings. The standard InChI is InChI=1S/C12H16INS/c1-9-8-10(13)2-3-12(9)14-11-4-6-15-7-5-11/h2-3,8,11,14H,4-7H2,1H3. The molecule has 0 bridgehead atoms. The number of aryl methyl sites for hydroxylation is 1. The highest BCUT2D eigenvalue weighted by Gasteiger charge is 2.13. The van der Waals surface area contributed by atoms with Gasteiger partial charge in [0.2, 0.25) is 0 Å². The molecule has 1 aromatic rings. The van der Waals surface area contributed by atoms with Crippen LogP contribution in [-0.2, 0) is 0 Å². The molecule has 1 heterocycles. The van der Waals surface area contributed by atoms with Crippen LogP contribution in [0.1, 0.15) is 18.4 Å². The Balaban J connectivity index is 2.03. The van der Waals surface area contributed by atoms with Crippen LogP contribution in [0.2, 0.25) is 0 Å². The SMILES string of the molecule is Cc1cc(I)ccc1NC1CCSCC1. The van der Waals surface area contributed by atoms with Gasteiger partial charge in [0, 0.05) is 15.3 Å². The number of benzene rings is 1. The van der Waals surface area contributed by atoms with Crippen molar-refractivity contribution in [3.05, 3.63) is 27.3 Å². The van der Waals surface area contributed by atoms with E-state index in [2.05, 4.69) is 64.8 Å². The summed E-state index contributed by atoms with van der Waals surface area (Å²) in [6, 6.07) is 7.30. The lowest BCUT2D eigenvalue weighted by atomic mass is 10.1. The van der Waals surface area contributed by atoms with Crippen LogP contribution in [-0.4, -0.2) is 17.5 Å². The molecule has 0 aliphatic carbocycles. The first-order chi connectivity index (χ1) is 7.25. The second-order valence-corrected chi connectivity index (χ2v) is 6.46. The third-order valence-corrected chi connectivity index (χ3v) is 4.49. The third-order valence-electron chi connectivity index (χ3n) is 2.77. The van der Waals surface area contributed by atoms with Crippen molar-refractivity contribution in [1.82, 2.24) is 0 Å². The molecule has 1 nitrogen and oxygen atoms in total. The number of rotatable bonds is 2. The maximum Gasteiger partial charge on any atom is 0.0372 e. The lowest BCUT2D eigenvalue weighted by Gasteiger charge is -2.24. The highest BCUT2D eigenvalue weighted by atomic mass is 127. The van der Waals surface area contributed by atoms with Crippen molar-refractivity contribution >= 4 is 40.0 Å². The molecule has 1 aliphatic heterocycles. The number of halogens is 1. The number of hydrogen-bond acceptors (Lipinski definition) is 2. The fourth-order valence-corrected chi connectivity index (χ4v) is 3.60. The minimum absolute atomic E-state index is 0.685. The molecule has 82 valence electrons. The van der Waals surface area contributed by atoms with E-state index >= 15 is 0 Å². The van der Waals surface area contributed by atoms with E-state index in [1.807, 2.05) is 0 Å². The van der Waals surface area contributed by atoms with E-state index in [9.17, 15) is 0 Å². The maximum atomic E-state index is 3.66. The van der Waals surface area contributed by atoms with Crippen molar-refractivity contribution in [1.29, 1.82) is 0 Å². The Labute approximate surface area is 110 Å². The number of anilines is 1. The van der Waals surface area contributed by atoms with Crippen molar-refractivity contribution < 1.29 is 0 Å². The Bertz CT molecular complexity index is 334. The summed E-state index contributed by atoms with van der Waals surface area (Å²) >= 11 is 4.44. The van der Waals surface area contributed by atoms with Gasteiger partial charge in [-0.1, -0.05) is 0 Å². The van der Waals surface area contributed by atoms with Crippen molar-refractivity contribution in [3.8, 4) is 0 Å². The Morgan fingerprint density at radius 1 is 1.33 bits per heavy atom. The number of thioether (sulfide) groups is 1. The summed E-state index contributed by atoms with van der Waals surface area (Å²) in [6.07, 6.45) is 2.60. The molecule has 0 unspecified atom stereocenters. The molecule has 1 aromatic carbocycles. The normalized spacial score (nSPS) is 17.7. The van der Waals surface area contributed by atoms with Crippen LogP contribution in [0, 0.1) is 10.5 Å². The van der Waals surface area contributed by atoms with Gasteiger partial charge in [-0.05, 0) is 77.6 Å². The summed E-state index contributed by atoms with van der Waals surface area (Å²) in [5, 5.41) is 3.66. The first-order valence-electron chi connectivity index (χ1n) is 5.36. The van der Waals surface area contributed by atoms with Crippen LogP contribution in [0.15, 0.2) is 18.2 Å². The third kappa shape index (κ3) is 3.28. The lowest BCUT2D eigenvalue weighted by Crippen LogP contribution is -2.24. The molecule has 0 atom stereocenters. The van der Waals surface area contributed by atoms with Gasteiger partial charge >= 0.3 is 0 Å². The summed E-state index contributed by atoms with van der Waals surface area (Å²) in [4.78, 5) is 0. The second-order valence-electron chi connectivity index (χ2n) is 3.99. The molecule has 3 heteroatoms. The molecule has 0 spiro atoms. The summed E-state index contributed by atoms with van der Waals surface area (Å²) < 4.78 is 1.31. The predicted octanol–water partition coefficient (Wildman–Crippen LogP) is 3.91. The minimum Gasteiger partial charge on any atom is -0.382 e. The fraction of sp³-hybridized carbons (Fsp3) is 0.500. The van der Waals surface area contributed by atoms with E-state index in [0.717, 1.165) is 0 Å². The van der Waals surface area contributed by atoms with Gasteiger partial charge in [0.1, 0.15) is 0 Å². The minimum atomic E-state index is 0.685. The summed E-state index contributed by atoms with van der Waals surface area (Å²) in [5.74, 6) is 2.61. The number of hydrogen-bond donors (Lipinski definition) is 1. The van der Waals surface area contributed by atoms with E-state index in [4.69, 9.17) is 0 Å².